The molecule has 8 heteroatoms. The molecule has 0 N–H and O–H groups in total. The lowest BCUT2D eigenvalue weighted by molar-refractivity contribution is -0.577. The van der Waals surface area contributed by atoms with Crippen molar-refractivity contribution in [1.29, 1.82) is 0 Å². The van der Waals surface area contributed by atoms with E-state index in [1.54, 1.807) is 7.11 Å². The summed E-state index contributed by atoms with van der Waals surface area (Å²) in [6.07, 6.45) is 3.64. The minimum absolute atomic E-state index is 0.230. The van der Waals surface area contributed by atoms with Gasteiger partial charge in [0.25, 0.3) is 0 Å². The van der Waals surface area contributed by atoms with Gasteiger partial charge in [-0.2, -0.15) is 0 Å². The van der Waals surface area contributed by atoms with Crippen molar-refractivity contribution in [3.8, 4) is 0 Å². The van der Waals surface area contributed by atoms with Gasteiger partial charge in [0.1, 0.15) is 6.61 Å². The van der Waals surface area contributed by atoms with Crippen LogP contribution in [0.3, 0.4) is 0 Å². The van der Waals surface area contributed by atoms with Gasteiger partial charge in [-0.1, -0.05) is 13.8 Å². The molecule has 1 aliphatic carbocycles. The van der Waals surface area contributed by atoms with Gasteiger partial charge in [-0.3, -0.25) is 0 Å². The van der Waals surface area contributed by atoms with Crippen molar-refractivity contribution in [3.63, 3.8) is 0 Å². The lowest BCUT2D eigenvalue weighted by Gasteiger charge is -2.60. The van der Waals surface area contributed by atoms with Gasteiger partial charge in [0.15, 0.2) is 25.0 Å². The molecule has 5 aliphatic heterocycles. The van der Waals surface area contributed by atoms with E-state index in [0.717, 1.165) is 19.3 Å². The molecular formula is C19H32O8. The molecule has 156 valence electrons. The Hall–Kier alpha value is -0.320. The lowest BCUT2D eigenvalue weighted by Crippen LogP contribution is -2.70. The van der Waals surface area contributed by atoms with E-state index >= 15 is 0 Å². The van der Waals surface area contributed by atoms with E-state index in [1.165, 1.54) is 6.42 Å². The van der Waals surface area contributed by atoms with Crippen LogP contribution in [-0.2, 0) is 38.5 Å². The number of rotatable bonds is 1. The van der Waals surface area contributed by atoms with Gasteiger partial charge in [0.05, 0.1) is 6.61 Å². The molecule has 5 heterocycles. The Labute approximate surface area is 160 Å². The summed E-state index contributed by atoms with van der Waals surface area (Å²) in [4.78, 5) is 20.6. The standard InChI is InChI=1S/C16H26O5.C3H6O3/c1-9-5-6-12-10(2)13(17-4)18-14-16(12)11(9)7-8-15(3,19-14)20-21-16;1-2-5-6-3-4-1/h9-14H,5-8H2,1-4H3;1-3H2/t9-,10-,11+,12+,13+,14-,15+,16?;/m1./s1. The van der Waals surface area contributed by atoms with Crippen molar-refractivity contribution in [1.82, 2.24) is 0 Å². The van der Waals surface area contributed by atoms with E-state index < -0.39 is 17.7 Å². The van der Waals surface area contributed by atoms with Crippen molar-refractivity contribution < 1.29 is 38.5 Å². The molecule has 6 fully saturated rings. The van der Waals surface area contributed by atoms with E-state index in [4.69, 9.17) is 28.7 Å². The van der Waals surface area contributed by atoms with Gasteiger partial charge >= 0.3 is 0 Å². The molecule has 6 aliphatic rings. The van der Waals surface area contributed by atoms with Crippen molar-refractivity contribution in [2.75, 3.05) is 27.1 Å². The molecule has 27 heavy (non-hydrogen) atoms. The fourth-order valence-corrected chi connectivity index (χ4v) is 5.42. The first-order chi connectivity index (χ1) is 13.0. The topological polar surface area (TPSA) is 73.8 Å². The fourth-order valence-electron chi connectivity index (χ4n) is 5.42. The van der Waals surface area contributed by atoms with E-state index in [1.807, 2.05) is 6.92 Å². The van der Waals surface area contributed by atoms with Crippen LogP contribution in [0.4, 0.5) is 0 Å². The molecule has 0 aromatic heterocycles. The molecule has 0 amide bonds. The lowest BCUT2D eigenvalue weighted by atomic mass is 9.58. The fraction of sp³-hybridized carbons (Fsp3) is 1.00. The Morgan fingerprint density at radius 3 is 2.44 bits per heavy atom. The highest BCUT2D eigenvalue weighted by Crippen LogP contribution is 2.60. The summed E-state index contributed by atoms with van der Waals surface area (Å²) in [6, 6.07) is 0. The quantitative estimate of drug-likeness (QED) is 0.635. The van der Waals surface area contributed by atoms with Crippen LogP contribution in [0.5, 0.6) is 0 Å². The first-order valence-corrected chi connectivity index (χ1v) is 10.1. The molecule has 1 saturated carbocycles. The van der Waals surface area contributed by atoms with Crippen LogP contribution in [0.1, 0.15) is 46.5 Å². The molecule has 8 nitrogen and oxygen atoms in total. The SMILES string of the molecule is C1COOCO1.CO[C@H]1O[C@@H]2O[C@]3(C)CC[C@H]4[C@H](C)CC[C@@H]([C@H]1C)C24OO3. The van der Waals surface area contributed by atoms with E-state index in [0.29, 0.717) is 31.0 Å². The maximum atomic E-state index is 6.21. The molecule has 0 radical (unpaired) electrons. The second kappa shape index (κ2) is 7.84. The predicted octanol–water partition coefficient (Wildman–Crippen LogP) is 2.76. The second-order valence-corrected chi connectivity index (χ2v) is 8.48. The number of hydrogen-bond acceptors (Lipinski definition) is 8. The summed E-state index contributed by atoms with van der Waals surface area (Å²) in [5, 5.41) is 0. The van der Waals surface area contributed by atoms with Gasteiger partial charge in [-0.25, -0.2) is 19.6 Å². The van der Waals surface area contributed by atoms with Crippen LogP contribution in [0.15, 0.2) is 0 Å². The molecule has 1 unspecified atom stereocenters. The average Bonchev–Trinajstić information content (AvgIpc) is 2.92. The van der Waals surface area contributed by atoms with Crippen molar-refractivity contribution in [2.24, 2.45) is 23.7 Å². The third-order valence-corrected chi connectivity index (χ3v) is 6.86. The zero-order valence-electron chi connectivity index (χ0n) is 16.7. The van der Waals surface area contributed by atoms with Crippen LogP contribution in [0.2, 0.25) is 0 Å². The van der Waals surface area contributed by atoms with Gasteiger partial charge < -0.3 is 18.9 Å². The van der Waals surface area contributed by atoms with Crippen LogP contribution in [0.25, 0.3) is 0 Å². The summed E-state index contributed by atoms with van der Waals surface area (Å²) >= 11 is 0. The minimum atomic E-state index is -0.698. The molecule has 1 spiro atoms. The smallest absolute Gasteiger partial charge is 0.201 e. The van der Waals surface area contributed by atoms with E-state index in [9.17, 15) is 0 Å². The Kier molecular flexibility index (Phi) is 5.80. The highest BCUT2D eigenvalue weighted by Gasteiger charge is 2.69. The van der Waals surface area contributed by atoms with Crippen molar-refractivity contribution in [2.45, 2.75) is 70.4 Å². The second-order valence-electron chi connectivity index (χ2n) is 8.48. The van der Waals surface area contributed by atoms with Crippen molar-refractivity contribution >= 4 is 0 Å². The Morgan fingerprint density at radius 2 is 1.81 bits per heavy atom. The maximum Gasteiger partial charge on any atom is 0.201 e. The molecular weight excluding hydrogens is 356 g/mol. The zero-order valence-corrected chi connectivity index (χ0v) is 16.7. The number of ether oxygens (including phenoxy) is 4. The summed E-state index contributed by atoms with van der Waals surface area (Å²) in [5.74, 6) is 0.953. The molecule has 8 atom stereocenters. The highest BCUT2D eigenvalue weighted by molar-refractivity contribution is 5.09. The van der Waals surface area contributed by atoms with Crippen LogP contribution in [-0.4, -0.2) is 51.1 Å². The summed E-state index contributed by atoms with van der Waals surface area (Å²) in [7, 11) is 1.70. The molecule has 0 aromatic carbocycles. The predicted molar refractivity (Wildman–Crippen MR) is 91.7 cm³/mol. The highest BCUT2D eigenvalue weighted by atomic mass is 17.3. The van der Waals surface area contributed by atoms with Gasteiger partial charge in [-0.15, -0.1) is 0 Å². The van der Waals surface area contributed by atoms with Crippen molar-refractivity contribution in [3.05, 3.63) is 0 Å². The zero-order chi connectivity index (χ0) is 19.1. The average molecular weight is 388 g/mol. The van der Waals surface area contributed by atoms with Gasteiger partial charge in [0.2, 0.25) is 5.79 Å². The number of fused-ring (bicyclic) bond motifs is 2. The van der Waals surface area contributed by atoms with Crippen LogP contribution in [0, 0.1) is 23.7 Å². The molecule has 2 bridgehead atoms. The normalized spacial score (nSPS) is 51.6. The molecule has 5 saturated heterocycles. The monoisotopic (exact) mass is 388 g/mol. The molecule has 6 rings (SSSR count). The first-order valence-electron chi connectivity index (χ1n) is 10.1. The van der Waals surface area contributed by atoms with E-state index in [-0.39, 0.29) is 19.0 Å². The van der Waals surface area contributed by atoms with Gasteiger partial charge in [0, 0.05) is 25.4 Å². The Bertz CT molecular complexity index is 502. The Morgan fingerprint density at radius 1 is 0.963 bits per heavy atom. The summed E-state index contributed by atoms with van der Waals surface area (Å²) in [6.45, 7) is 7.95. The van der Waals surface area contributed by atoms with Crippen LogP contribution >= 0.6 is 0 Å². The summed E-state index contributed by atoms with van der Waals surface area (Å²) in [5.41, 5.74) is -0.470. The first kappa shape index (κ1) is 20.0. The maximum absolute atomic E-state index is 6.21. The Balaban J connectivity index is 0.000000257. The van der Waals surface area contributed by atoms with Gasteiger partial charge in [-0.05, 0) is 38.0 Å². The minimum Gasteiger partial charge on any atom is -0.355 e. The number of hydrogen-bond donors (Lipinski definition) is 0. The largest absolute Gasteiger partial charge is 0.355 e. The third-order valence-electron chi connectivity index (χ3n) is 6.86. The summed E-state index contributed by atoms with van der Waals surface area (Å²) < 4.78 is 22.6. The number of methoxy groups -OCH3 is 1. The van der Waals surface area contributed by atoms with E-state index in [2.05, 4.69) is 23.6 Å². The van der Waals surface area contributed by atoms with Crippen LogP contribution < -0.4 is 0 Å². The third kappa shape index (κ3) is 3.44. The molecule has 0 aromatic rings.